The van der Waals surface area contributed by atoms with Crippen molar-refractivity contribution in [2.45, 2.75) is 32.4 Å². The molecule has 0 unspecified atom stereocenters. The Labute approximate surface area is 188 Å². The lowest BCUT2D eigenvalue weighted by molar-refractivity contribution is -0.144. The van der Waals surface area contributed by atoms with E-state index in [0.717, 1.165) is 17.6 Å². The quantitative estimate of drug-likeness (QED) is 0.490. The van der Waals surface area contributed by atoms with Gasteiger partial charge in [0.1, 0.15) is 17.7 Å². The molecule has 1 aliphatic heterocycles. The van der Waals surface area contributed by atoms with Crippen LogP contribution in [0.1, 0.15) is 19.8 Å². The first-order chi connectivity index (χ1) is 15.5. The van der Waals surface area contributed by atoms with Crippen molar-refractivity contribution >= 4 is 23.5 Å². The number of piperidine rings is 1. The minimum atomic E-state index is -0.435. The van der Waals surface area contributed by atoms with E-state index in [2.05, 4.69) is 25.4 Å². The number of carbonyl (C=O) groups is 1. The van der Waals surface area contributed by atoms with Gasteiger partial charge in [0, 0.05) is 44.4 Å². The predicted octanol–water partition coefficient (Wildman–Crippen LogP) is 2.53. The number of hydrogen-bond acceptors (Lipinski definition) is 9. The second kappa shape index (κ2) is 9.86. The van der Waals surface area contributed by atoms with Gasteiger partial charge in [-0.15, -0.1) is 10.2 Å². The van der Waals surface area contributed by atoms with Gasteiger partial charge in [0.05, 0.1) is 17.2 Å². The fraction of sp³-hybridized carbons (Fsp3) is 0.400. The van der Waals surface area contributed by atoms with Gasteiger partial charge in [0.15, 0.2) is 6.54 Å². The Hall–Kier alpha value is -3.34. The van der Waals surface area contributed by atoms with Gasteiger partial charge < -0.3 is 14.4 Å². The van der Waals surface area contributed by atoms with Crippen LogP contribution in [0.2, 0.25) is 5.02 Å². The third kappa shape index (κ3) is 5.28. The summed E-state index contributed by atoms with van der Waals surface area (Å²) in [6, 6.07) is 4.09. The standard InChI is InChI=1S/C20H21ClFN7O3/c1-2-31-18(30)12-29-26-19(25-27-29)13-10-23-20(24-11-13)28-7-5-15(6-8-28)32-17-9-14(22)3-4-16(17)21/h3-4,9-11,15H,2,5-8,12H2,1H3. The summed E-state index contributed by atoms with van der Waals surface area (Å²) in [4.78, 5) is 23.5. The van der Waals surface area contributed by atoms with Gasteiger partial charge in [-0.05, 0) is 24.3 Å². The van der Waals surface area contributed by atoms with Crippen molar-refractivity contribution in [1.82, 2.24) is 30.2 Å². The maximum atomic E-state index is 13.4. The summed E-state index contributed by atoms with van der Waals surface area (Å²) in [6.45, 7) is 3.28. The minimum Gasteiger partial charge on any atom is -0.489 e. The maximum Gasteiger partial charge on any atom is 0.329 e. The number of esters is 1. The molecule has 2 aromatic heterocycles. The summed E-state index contributed by atoms with van der Waals surface area (Å²) in [6.07, 6.45) is 4.61. The van der Waals surface area contributed by atoms with E-state index in [1.54, 1.807) is 19.3 Å². The Morgan fingerprint density at radius 2 is 2.00 bits per heavy atom. The highest BCUT2D eigenvalue weighted by Gasteiger charge is 2.23. The second-order valence-electron chi connectivity index (χ2n) is 7.10. The summed E-state index contributed by atoms with van der Waals surface area (Å²) in [7, 11) is 0. The number of nitrogens with zero attached hydrogens (tertiary/aromatic N) is 7. The molecular weight excluding hydrogens is 441 g/mol. The average molecular weight is 462 g/mol. The largest absolute Gasteiger partial charge is 0.489 e. The Morgan fingerprint density at radius 1 is 1.25 bits per heavy atom. The average Bonchev–Trinajstić information content (AvgIpc) is 3.25. The minimum absolute atomic E-state index is 0.0662. The first kappa shape index (κ1) is 21.9. The number of rotatable bonds is 7. The van der Waals surface area contributed by atoms with Crippen LogP contribution in [-0.4, -0.2) is 61.9 Å². The predicted molar refractivity (Wildman–Crippen MR) is 113 cm³/mol. The molecule has 168 valence electrons. The lowest BCUT2D eigenvalue weighted by Crippen LogP contribution is -2.39. The number of halogens is 2. The van der Waals surface area contributed by atoms with Gasteiger partial charge in [-0.25, -0.2) is 19.2 Å². The summed E-state index contributed by atoms with van der Waals surface area (Å²) >= 11 is 6.08. The molecule has 12 heteroatoms. The number of hydrogen-bond donors (Lipinski definition) is 0. The molecule has 0 atom stereocenters. The number of aromatic nitrogens is 6. The topological polar surface area (TPSA) is 108 Å². The zero-order valence-electron chi connectivity index (χ0n) is 17.3. The Kier molecular flexibility index (Phi) is 6.74. The first-order valence-corrected chi connectivity index (χ1v) is 10.5. The lowest BCUT2D eigenvalue weighted by Gasteiger charge is -2.32. The fourth-order valence-electron chi connectivity index (χ4n) is 3.27. The van der Waals surface area contributed by atoms with E-state index in [-0.39, 0.29) is 25.1 Å². The third-order valence-corrected chi connectivity index (χ3v) is 5.15. The molecule has 0 amide bonds. The molecule has 10 nitrogen and oxygen atoms in total. The van der Waals surface area contributed by atoms with E-state index in [1.165, 1.54) is 18.2 Å². The number of tetrazole rings is 1. The van der Waals surface area contributed by atoms with Gasteiger partial charge in [0.25, 0.3) is 0 Å². The molecule has 4 rings (SSSR count). The molecule has 3 aromatic rings. The molecule has 32 heavy (non-hydrogen) atoms. The molecule has 1 saturated heterocycles. The number of carbonyl (C=O) groups excluding carboxylic acids is 1. The van der Waals surface area contributed by atoms with Gasteiger partial charge >= 0.3 is 5.97 Å². The molecule has 1 aliphatic rings. The monoisotopic (exact) mass is 461 g/mol. The summed E-state index contributed by atoms with van der Waals surface area (Å²) in [5.41, 5.74) is 0.586. The fourth-order valence-corrected chi connectivity index (χ4v) is 3.43. The molecule has 1 aromatic carbocycles. The van der Waals surface area contributed by atoms with Gasteiger partial charge in [-0.1, -0.05) is 11.6 Å². The highest BCUT2D eigenvalue weighted by atomic mass is 35.5. The number of benzene rings is 1. The Balaban J connectivity index is 1.33. The van der Waals surface area contributed by atoms with Crippen LogP contribution in [0, 0.1) is 5.82 Å². The molecule has 0 aliphatic carbocycles. The zero-order valence-corrected chi connectivity index (χ0v) is 18.1. The molecule has 0 saturated carbocycles. The van der Waals surface area contributed by atoms with E-state index < -0.39 is 5.97 Å². The van der Waals surface area contributed by atoms with Gasteiger partial charge in [-0.3, -0.25) is 0 Å². The zero-order chi connectivity index (χ0) is 22.5. The summed E-state index contributed by atoms with van der Waals surface area (Å²) in [5, 5.41) is 12.3. The SMILES string of the molecule is CCOC(=O)Cn1nnc(-c2cnc(N3CCC(Oc4cc(F)ccc4Cl)CC3)nc2)n1. The van der Waals surface area contributed by atoms with Crippen molar-refractivity contribution in [2.75, 3.05) is 24.6 Å². The van der Waals surface area contributed by atoms with Crippen LogP contribution in [0.5, 0.6) is 5.75 Å². The molecular formula is C20H21ClFN7O3. The van der Waals surface area contributed by atoms with Crippen LogP contribution < -0.4 is 9.64 Å². The number of anilines is 1. The van der Waals surface area contributed by atoms with Crippen LogP contribution in [0.3, 0.4) is 0 Å². The summed E-state index contributed by atoms with van der Waals surface area (Å²) in [5.74, 6) is 0.435. The smallest absolute Gasteiger partial charge is 0.329 e. The third-order valence-electron chi connectivity index (χ3n) is 4.84. The molecule has 3 heterocycles. The summed E-state index contributed by atoms with van der Waals surface area (Å²) < 4.78 is 24.2. The maximum absolute atomic E-state index is 13.4. The second-order valence-corrected chi connectivity index (χ2v) is 7.51. The van der Waals surface area contributed by atoms with Gasteiger partial charge in [-0.2, -0.15) is 4.80 Å². The Morgan fingerprint density at radius 3 is 2.72 bits per heavy atom. The van der Waals surface area contributed by atoms with Crippen molar-refractivity contribution in [1.29, 1.82) is 0 Å². The van der Waals surface area contributed by atoms with Crippen molar-refractivity contribution < 1.29 is 18.7 Å². The lowest BCUT2D eigenvalue weighted by atomic mass is 10.1. The van der Waals surface area contributed by atoms with Crippen LogP contribution in [0.15, 0.2) is 30.6 Å². The van der Waals surface area contributed by atoms with Crippen molar-refractivity contribution in [3.8, 4) is 17.1 Å². The van der Waals surface area contributed by atoms with Crippen LogP contribution in [0.25, 0.3) is 11.4 Å². The van der Waals surface area contributed by atoms with E-state index in [9.17, 15) is 9.18 Å². The van der Waals surface area contributed by atoms with E-state index in [4.69, 9.17) is 21.1 Å². The van der Waals surface area contributed by atoms with Crippen molar-refractivity contribution in [3.63, 3.8) is 0 Å². The molecule has 0 N–H and O–H groups in total. The molecule has 0 spiro atoms. The normalized spacial score (nSPS) is 14.4. The van der Waals surface area contributed by atoms with E-state index in [1.807, 2.05) is 4.90 Å². The highest BCUT2D eigenvalue weighted by molar-refractivity contribution is 6.32. The van der Waals surface area contributed by atoms with E-state index in [0.29, 0.717) is 41.2 Å². The molecule has 1 fully saturated rings. The van der Waals surface area contributed by atoms with Gasteiger partial charge in [0.2, 0.25) is 11.8 Å². The van der Waals surface area contributed by atoms with Crippen LogP contribution in [-0.2, 0) is 16.1 Å². The van der Waals surface area contributed by atoms with Crippen LogP contribution in [0.4, 0.5) is 10.3 Å². The molecule has 0 radical (unpaired) electrons. The van der Waals surface area contributed by atoms with Crippen molar-refractivity contribution in [3.05, 3.63) is 41.4 Å². The Bertz CT molecular complexity index is 1070. The van der Waals surface area contributed by atoms with Crippen molar-refractivity contribution in [2.24, 2.45) is 0 Å². The number of ether oxygens (including phenoxy) is 2. The van der Waals surface area contributed by atoms with E-state index >= 15 is 0 Å². The molecule has 0 bridgehead atoms. The highest BCUT2D eigenvalue weighted by Crippen LogP contribution is 2.28. The first-order valence-electron chi connectivity index (χ1n) is 10.1. The van der Waals surface area contributed by atoms with Crippen LogP contribution >= 0.6 is 11.6 Å².